The molecule has 0 saturated carbocycles. The molecule has 0 radical (unpaired) electrons. The van der Waals surface area contributed by atoms with Gasteiger partial charge in [-0.15, -0.1) is 0 Å². The summed E-state index contributed by atoms with van der Waals surface area (Å²) >= 11 is 3.65. The number of aryl methyl sites for hydroxylation is 2. The maximum absolute atomic E-state index is 13.3. The second-order valence-corrected chi connectivity index (χ2v) is 6.00. The third-order valence-electron chi connectivity index (χ3n) is 3.72. The minimum absolute atomic E-state index is 0.183. The lowest BCUT2D eigenvalue weighted by Gasteiger charge is -2.17. The predicted octanol–water partition coefficient (Wildman–Crippen LogP) is 3.26. The molecule has 1 aromatic carbocycles. The minimum Gasteiger partial charge on any atom is -0.316 e. The minimum atomic E-state index is -0.183. The van der Waals surface area contributed by atoms with Crippen LogP contribution in [0.25, 0.3) is 0 Å². The van der Waals surface area contributed by atoms with Crippen molar-refractivity contribution in [1.29, 1.82) is 0 Å². The summed E-state index contributed by atoms with van der Waals surface area (Å²) in [7, 11) is 3.91. The molecule has 1 atom stereocenters. The van der Waals surface area contributed by atoms with Gasteiger partial charge < -0.3 is 5.32 Å². The SMILES string of the molecule is CCc1nn(C)c(CC(Cc2cccc(F)c2)NC)c1Br. The molecule has 5 heteroatoms. The lowest BCUT2D eigenvalue weighted by atomic mass is 10.0. The molecule has 0 spiro atoms. The monoisotopic (exact) mass is 353 g/mol. The van der Waals surface area contributed by atoms with E-state index in [9.17, 15) is 4.39 Å². The Bertz CT molecular complexity index is 610. The number of likely N-dealkylation sites (N-methyl/N-ethyl adjacent to an activating group) is 1. The first-order valence-electron chi connectivity index (χ1n) is 7.17. The molecular formula is C16H21BrFN3. The highest BCUT2D eigenvalue weighted by Crippen LogP contribution is 2.23. The summed E-state index contributed by atoms with van der Waals surface area (Å²) in [5.74, 6) is -0.183. The summed E-state index contributed by atoms with van der Waals surface area (Å²) in [6.45, 7) is 2.10. The van der Waals surface area contributed by atoms with Crippen LogP contribution < -0.4 is 5.32 Å². The summed E-state index contributed by atoms with van der Waals surface area (Å²) < 4.78 is 16.3. The molecule has 21 heavy (non-hydrogen) atoms. The van der Waals surface area contributed by atoms with Crippen molar-refractivity contribution in [2.75, 3.05) is 7.05 Å². The van der Waals surface area contributed by atoms with E-state index in [2.05, 4.69) is 33.3 Å². The van der Waals surface area contributed by atoms with Crippen LogP contribution in [-0.2, 0) is 26.3 Å². The molecule has 2 aromatic rings. The number of hydrogen-bond donors (Lipinski definition) is 1. The molecule has 0 aliphatic carbocycles. The van der Waals surface area contributed by atoms with Gasteiger partial charge in [-0.1, -0.05) is 19.1 Å². The van der Waals surface area contributed by atoms with Crippen molar-refractivity contribution in [2.24, 2.45) is 7.05 Å². The Balaban J connectivity index is 2.14. The first kappa shape index (κ1) is 16.2. The molecule has 114 valence electrons. The smallest absolute Gasteiger partial charge is 0.123 e. The van der Waals surface area contributed by atoms with Crippen molar-refractivity contribution < 1.29 is 4.39 Å². The molecular weight excluding hydrogens is 333 g/mol. The number of aromatic nitrogens is 2. The molecule has 1 unspecified atom stereocenters. The zero-order valence-corrected chi connectivity index (χ0v) is 14.2. The van der Waals surface area contributed by atoms with Crippen LogP contribution in [0.15, 0.2) is 28.7 Å². The highest BCUT2D eigenvalue weighted by Gasteiger charge is 2.17. The number of halogens is 2. The predicted molar refractivity (Wildman–Crippen MR) is 86.9 cm³/mol. The van der Waals surface area contributed by atoms with Gasteiger partial charge in [-0.2, -0.15) is 5.10 Å². The van der Waals surface area contributed by atoms with E-state index in [0.717, 1.165) is 35.0 Å². The average Bonchev–Trinajstić information content (AvgIpc) is 2.73. The van der Waals surface area contributed by atoms with Crippen molar-refractivity contribution >= 4 is 15.9 Å². The molecule has 1 aromatic heterocycles. The number of nitrogens with zero attached hydrogens (tertiary/aromatic N) is 2. The van der Waals surface area contributed by atoms with Gasteiger partial charge in [-0.3, -0.25) is 4.68 Å². The Morgan fingerprint density at radius 3 is 2.71 bits per heavy atom. The van der Waals surface area contributed by atoms with Gasteiger partial charge in [0.05, 0.1) is 15.9 Å². The van der Waals surface area contributed by atoms with E-state index >= 15 is 0 Å². The van der Waals surface area contributed by atoms with Gasteiger partial charge in [-0.05, 0) is 53.5 Å². The molecule has 1 N–H and O–H groups in total. The zero-order valence-electron chi connectivity index (χ0n) is 12.7. The Labute approximate surface area is 133 Å². The van der Waals surface area contributed by atoms with Crippen molar-refractivity contribution in [1.82, 2.24) is 15.1 Å². The van der Waals surface area contributed by atoms with Gasteiger partial charge in [0.25, 0.3) is 0 Å². The third-order valence-corrected chi connectivity index (χ3v) is 4.64. The van der Waals surface area contributed by atoms with E-state index in [1.807, 2.05) is 24.8 Å². The lowest BCUT2D eigenvalue weighted by molar-refractivity contribution is 0.530. The molecule has 2 rings (SSSR count). The number of rotatable bonds is 6. The van der Waals surface area contributed by atoms with Gasteiger partial charge in [0.2, 0.25) is 0 Å². The average molecular weight is 354 g/mol. The second kappa shape index (κ2) is 7.18. The van der Waals surface area contributed by atoms with E-state index in [0.29, 0.717) is 0 Å². The molecule has 0 saturated heterocycles. The van der Waals surface area contributed by atoms with E-state index in [-0.39, 0.29) is 11.9 Å². The van der Waals surface area contributed by atoms with E-state index < -0.39 is 0 Å². The number of hydrogen-bond acceptors (Lipinski definition) is 2. The molecule has 0 aliphatic rings. The van der Waals surface area contributed by atoms with Gasteiger partial charge in [0, 0.05) is 19.5 Å². The van der Waals surface area contributed by atoms with Crippen LogP contribution in [0.5, 0.6) is 0 Å². The highest BCUT2D eigenvalue weighted by atomic mass is 79.9. The van der Waals surface area contributed by atoms with Crippen LogP contribution in [0, 0.1) is 5.82 Å². The number of nitrogens with one attached hydrogen (secondary N) is 1. The van der Waals surface area contributed by atoms with Crippen LogP contribution in [0.3, 0.4) is 0 Å². The summed E-state index contributed by atoms with van der Waals surface area (Å²) in [5.41, 5.74) is 3.25. The second-order valence-electron chi connectivity index (χ2n) is 5.21. The Kier molecular flexibility index (Phi) is 5.53. The van der Waals surface area contributed by atoms with E-state index in [4.69, 9.17) is 0 Å². The van der Waals surface area contributed by atoms with Crippen LogP contribution in [0.1, 0.15) is 23.9 Å². The zero-order chi connectivity index (χ0) is 15.4. The molecule has 0 aliphatic heterocycles. The first-order chi connectivity index (χ1) is 10.0. The third kappa shape index (κ3) is 3.92. The fourth-order valence-corrected chi connectivity index (χ4v) is 3.28. The van der Waals surface area contributed by atoms with Gasteiger partial charge in [-0.25, -0.2) is 4.39 Å². The van der Waals surface area contributed by atoms with Crippen LogP contribution in [0.2, 0.25) is 0 Å². The largest absolute Gasteiger partial charge is 0.316 e. The van der Waals surface area contributed by atoms with Crippen molar-refractivity contribution in [3.8, 4) is 0 Å². The Hall–Kier alpha value is -1.20. The summed E-state index contributed by atoms with van der Waals surface area (Å²) in [4.78, 5) is 0. The summed E-state index contributed by atoms with van der Waals surface area (Å²) in [5, 5.41) is 7.83. The number of benzene rings is 1. The molecule has 1 heterocycles. The Morgan fingerprint density at radius 2 is 2.14 bits per heavy atom. The van der Waals surface area contributed by atoms with Gasteiger partial charge in [0.15, 0.2) is 0 Å². The molecule has 0 amide bonds. The Morgan fingerprint density at radius 1 is 1.38 bits per heavy atom. The first-order valence-corrected chi connectivity index (χ1v) is 7.96. The lowest BCUT2D eigenvalue weighted by Crippen LogP contribution is -2.30. The van der Waals surface area contributed by atoms with Crippen molar-refractivity contribution in [3.63, 3.8) is 0 Å². The maximum Gasteiger partial charge on any atom is 0.123 e. The fourth-order valence-electron chi connectivity index (χ4n) is 2.50. The van der Waals surface area contributed by atoms with Crippen LogP contribution >= 0.6 is 15.9 Å². The fraction of sp³-hybridized carbons (Fsp3) is 0.438. The van der Waals surface area contributed by atoms with E-state index in [1.165, 1.54) is 11.8 Å². The van der Waals surface area contributed by atoms with Crippen LogP contribution in [0.4, 0.5) is 4.39 Å². The normalized spacial score (nSPS) is 12.6. The topological polar surface area (TPSA) is 29.9 Å². The highest BCUT2D eigenvalue weighted by molar-refractivity contribution is 9.10. The van der Waals surface area contributed by atoms with Crippen LogP contribution in [-0.4, -0.2) is 22.9 Å². The summed E-state index contributed by atoms with van der Waals surface area (Å²) in [6.07, 6.45) is 2.53. The van der Waals surface area contributed by atoms with Gasteiger partial charge in [0.1, 0.15) is 5.82 Å². The standard InChI is InChI=1S/C16H21BrFN3/c1-4-14-16(17)15(21(3)20-14)10-13(19-2)9-11-6-5-7-12(18)8-11/h5-8,13,19H,4,9-10H2,1-3H3. The van der Waals surface area contributed by atoms with Crippen molar-refractivity contribution in [2.45, 2.75) is 32.2 Å². The van der Waals surface area contributed by atoms with Gasteiger partial charge >= 0.3 is 0 Å². The molecule has 3 nitrogen and oxygen atoms in total. The van der Waals surface area contributed by atoms with E-state index in [1.54, 1.807) is 12.1 Å². The van der Waals surface area contributed by atoms with Crippen molar-refractivity contribution in [3.05, 3.63) is 51.5 Å². The maximum atomic E-state index is 13.3. The molecule has 0 bridgehead atoms. The summed E-state index contributed by atoms with van der Waals surface area (Å²) in [6, 6.07) is 7.03. The quantitative estimate of drug-likeness (QED) is 0.863. The molecule has 0 fully saturated rings.